The molecule has 3 rings (SSSR count). The van der Waals surface area contributed by atoms with Crippen LogP contribution >= 0.6 is 0 Å². The number of aryl methyl sites for hydroxylation is 1. The second-order valence-corrected chi connectivity index (χ2v) is 5.07. The van der Waals surface area contributed by atoms with E-state index in [0.29, 0.717) is 29.7 Å². The van der Waals surface area contributed by atoms with Crippen molar-refractivity contribution in [2.75, 3.05) is 0 Å². The van der Waals surface area contributed by atoms with Gasteiger partial charge in [-0.05, 0) is 18.6 Å². The molecule has 1 aromatic carbocycles. The van der Waals surface area contributed by atoms with Gasteiger partial charge in [-0.15, -0.1) is 11.7 Å². The molecule has 0 atom stereocenters. The predicted octanol–water partition coefficient (Wildman–Crippen LogP) is 3.43. The monoisotopic (exact) mass is 321 g/mol. The summed E-state index contributed by atoms with van der Waals surface area (Å²) in [6.07, 6.45) is -0.323. The van der Waals surface area contributed by atoms with Gasteiger partial charge >= 0.3 is 6.18 Å². The smallest absolute Gasteiger partial charge is 0.313 e. The Kier molecular flexibility index (Phi) is 3.89. The molecule has 0 fully saturated rings. The minimum Gasteiger partial charge on any atom is -0.313 e. The summed E-state index contributed by atoms with van der Waals surface area (Å²) in [4.78, 5) is 4.29. The molecule has 0 N–H and O–H groups in total. The van der Waals surface area contributed by atoms with Crippen LogP contribution in [-0.2, 0) is 13.1 Å². The maximum atomic E-state index is 12.9. The molecule has 0 unspecified atom stereocenters. The van der Waals surface area contributed by atoms with E-state index < -0.39 is 12.7 Å². The Balaban J connectivity index is 2.07. The number of hydrogen-bond acceptors (Lipinski definition) is 3. The number of rotatable bonds is 5. The van der Waals surface area contributed by atoms with Crippen molar-refractivity contribution in [3.8, 4) is 11.5 Å². The minimum absolute atomic E-state index is 0.161. The average Bonchev–Trinajstić information content (AvgIpc) is 3.09. The van der Waals surface area contributed by atoms with Gasteiger partial charge in [0.1, 0.15) is 12.2 Å². The van der Waals surface area contributed by atoms with Gasteiger partial charge in [-0.1, -0.05) is 23.4 Å². The number of benzene rings is 1. The highest BCUT2D eigenvalue weighted by Crippen LogP contribution is 2.27. The molecule has 0 aliphatic carbocycles. The van der Waals surface area contributed by atoms with E-state index in [2.05, 4.69) is 21.9 Å². The van der Waals surface area contributed by atoms with Crippen molar-refractivity contribution in [2.24, 2.45) is 0 Å². The molecule has 2 heterocycles. The number of allylic oxidation sites excluding steroid dienone is 1. The van der Waals surface area contributed by atoms with E-state index >= 15 is 0 Å². The predicted molar refractivity (Wildman–Crippen MR) is 79.6 cm³/mol. The van der Waals surface area contributed by atoms with Gasteiger partial charge in [0.25, 0.3) is 0 Å². The number of nitrogens with zero attached hydrogens (tertiary/aromatic N) is 5. The summed E-state index contributed by atoms with van der Waals surface area (Å²) in [5.41, 5.74) is 1.22. The largest absolute Gasteiger partial charge is 0.406 e. The summed E-state index contributed by atoms with van der Waals surface area (Å²) in [6, 6.07) is 6.70. The summed E-state index contributed by atoms with van der Waals surface area (Å²) < 4.78 is 41.4. The Morgan fingerprint density at radius 3 is 2.74 bits per heavy atom. The molecule has 120 valence electrons. The fourth-order valence-electron chi connectivity index (χ4n) is 2.34. The first-order valence-electron chi connectivity index (χ1n) is 7.01. The van der Waals surface area contributed by atoms with Crippen molar-refractivity contribution in [1.29, 1.82) is 0 Å². The van der Waals surface area contributed by atoms with Crippen LogP contribution in [0, 0.1) is 0 Å². The number of halogens is 3. The van der Waals surface area contributed by atoms with Crippen LogP contribution in [0.3, 0.4) is 0 Å². The second kappa shape index (κ2) is 5.86. The van der Waals surface area contributed by atoms with Crippen molar-refractivity contribution in [2.45, 2.75) is 25.7 Å². The lowest BCUT2D eigenvalue weighted by atomic mass is 10.3. The fraction of sp³-hybridized carbons (Fsp3) is 0.267. The van der Waals surface area contributed by atoms with Gasteiger partial charge in [-0.2, -0.15) is 13.2 Å². The Morgan fingerprint density at radius 2 is 2.00 bits per heavy atom. The maximum Gasteiger partial charge on any atom is 0.406 e. The first-order valence-corrected chi connectivity index (χ1v) is 7.01. The van der Waals surface area contributed by atoms with Crippen LogP contribution in [-0.4, -0.2) is 30.7 Å². The molecule has 23 heavy (non-hydrogen) atoms. The molecule has 0 aliphatic rings. The zero-order valence-electron chi connectivity index (χ0n) is 12.2. The summed E-state index contributed by atoms with van der Waals surface area (Å²) >= 11 is 0. The van der Waals surface area contributed by atoms with E-state index in [0.717, 1.165) is 4.57 Å². The molecule has 0 aliphatic heterocycles. The summed E-state index contributed by atoms with van der Waals surface area (Å²) in [7, 11) is 0. The number of alkyl halides is 3. The SMILES string of the molecule is C=CCCn1cc(-c2nc3ccccc3n2CC(F)(F)F)nn1. The van der Waals surface area contributed by atoms with E-state index in [4.69, 9.17) is 0 Å². The lowest BCUT2D eigenvalue weighted by Gasteiger charge is -2.10. The second-order valence-electron chi connectivity index (χ2n) is 5.07. The zero-order chi connectivity index (χ0) is 16.4. The molecule has 3 aromatic rings. The van der Waals surface area contributed by atoms with Crippen molar-refractivity contribution in [3.05, 3.63) is 43.1 Å². The summed E-state index contributed by atoms with van der Waals surface area (Å²) in [5, 5.41) is 7.88. The molecule has 0 spiro atoms. The first kappa shape index (κ1) is 15.3. The third kappa shape index (κ3) is 3.25. The fourth-order valence-corrected chi connectivity index (χ4v) is 2.34. The van der Waals surface area contributed by atoms with Gasteiger partial charge in [0.2, 0.25) is 0 Å². The lowest BCUT2D eigenvalue weighted by molar-refractivity contribution is -0.139. The van der Waals surface area contributed by atoms with Crippen LogP contribution in [0.15, 0.2) is 43.1 Å². The highest BCUT2D eigenvalue weighted by atomic mass is 19.4. The van der Waals surface area contributed by atoms with E-state index in [1.807, 2.05) is 0 Å². The Hall–Kier alpha value is -2.64. The van der Waals surface area contributed by atoms with Gasteiger partial charge in [0, 0.05) is 6.54 Å². The minimum atomic E-state index is -4.35. The van der Waals surface area contributed by atoms with Gasteiger partial charge in [-0.3, -0.25) is 4.68 Å². The number of imidazole rings is 1. The Labute approximate surface area is 130 Å². The number of fused-ring (bicyclic) bond motifs is 1. The van der Waals surface area contributed by atoms with Gasteiger partial charge < -0.3 is 4.57 Å². The van der Waals surface area contributed by atoms with Crippen molar-refractivity contribution < 1.29 is 13.2 Å². The topological polar surface area (TPSA) is 48.5 Å². The Bertz CT molecular complexity index is 831. The van der Waals surface area contributed by atoms with Crippen LogP contribution in [0.25, 0.3) is 22.6 Å². The third-order valence-electron chi connectivity index (χ3n) is 3.32. The number of para-hydroxylation sites is 2. The molecule has 0 bridgehead atoms. The number of hydrogen-bond donors (Lipinski definition) is 0. The quantitative estimate of drug-likeness (QED) is 0.676. The highest BCUT2D eigenvalue weighted by molar-refractivity contribution is 5.79. The molecule has 0 amide bonds. The molecule has 8 heteroatoms. The zero-order valence-corrected chi connectivity index (χ0v) is 12.2. The first-order chi connectivity index (χ1) is 11.0. The Morgan fingerprint density at radius 1 is 1.22 bits per heavy atom. The number of aromatic nitrogens is 5. The van der Waals surface area contributed by atoms with Crippen LogP contribution in [0.2, 0.25) is 0 Å². The van der Waals surface area contributed by atoms with Crippen molar-refractivity contribution >= 4 is 11.0 Å². The molecule has 0 saturated carbocycles. The summed E-state index contributed by atoms with van der Waals surface area (Å²) in [5.74, 6) is 0.161. The normalized spacial score (nSPS) is 12.0. The van der Waals surface area contributed by atoms with Crippen LogP contribution in [0.5, 0.6) is 0 Å². The maximum absolute atomic E-state index is 12.9. The summed E-state index contributed by atoms with van der Waals surface area (Å²) in [6.45, 7) is 3.06. The molecular formula is C15H14F3N5. The van der Waals surface area contributed by atoms with Crippen LogP contribution in [0.4, 0.5) is 13.2 Å². The lowest BCUT2D eigenvalue weighted by Crippen LogP contribution is -2.18. The van der Waals surface area contributed by atoms with Crippen LogP contribution in [0.1, 0.15) is 6.42 Å². The van der Waals surface area contributed by atoms with Gasteiger partial charge in [0.05, 0.1) is 17.2 Å². The van der Waals surface area contributed by atoms with E-state index in [1.165, 1.54) is 0 Å². The van der Waals surface area contributed by atoms with Crippen molar-refractivity contribution in [3.63, 3.8) is 0 Å². The van der Waals surface area contributed by atoms with E-state index in [1.54, 1.807) is 41.2 Å². The van der Waals surface area contributed by atoms with Gasteiger partial charge in [0.15, 0.2) is 5.82 Å². The molecular weight excluding hydrogens is 307 g/mol. The molecule has 2 aromatic heterocycles. The van der Waals surface area contributed by atoms with Gasteiger partial charge in [-0.25, -0.2) is 4.98 Å². The van der Waals surface area contributed by atoms with E-state index in [9.17, 15) is 13.2 Å². The van der Waals surface area contributed by atoms with Crippen molar-refractivity contribution in [1.82, 2.24) is 24.5 Å². The third-order valence-corrected chi connectivity index (χ3v) is 3.32. The van der Waals surface area contributed by atoms with Crippen LogP contribution < -0.4 is 0 Å². The molecule has 0 saturated heterocycles. The van der Waals surface area contributed by atoms with E-state index in [-0.39, 0.29) is 5.82 Å². The molecule has 5 nitrogen and oxygen atoms in total. The highest BCUT2D eigenvalue weighted by Gasteiger charge is 2.31. The molecule has 0 radical (unpaired) electrons. The standard InChI is InChI=1S/C15H14F3N5/c1-2-3-8-22-9-12(20-21-22)14-19-11-6-4-5-7-13(11)23(14)10-15(16,17)18/h2,4-7,9H,1,3,8,10H2. The average molecular weight is 321 g/mol.